The third-order valence-electron chi connectivity index (χ3n) is 3.30. The fourth-order valence-electron chi connectivity index (χ4n) is 2.21. The first-order valence-electron chi connectivity index (χ1n) is 6.55. The molecule has 1 aromatic heterocycles. The first-order chi connectivity index (χ1) is 10.2. The number of hydrogen-bond donors (Lipinski definition) is 2. The summed E-state index contributed by atoms with van der Waals surface area (Å²) in [6.45, 7) is 0.466. The van der Waals surface area contributed by atoms with E-state index in [1.165, 1.54) is 18.2 Å². The Morgan fingerprint density at radius 3 is 2.27 bits per heavy atom. The maximum atomic E-state index is 13.0. The molecule has 0 bridgehead atoms. The molecule has 0 aliphatic heterocycles. The van der Waals surface area contributed by atoms with E-state index < -0.39 is 0 Å². The van der Waals surface area contributed by atoms with Crippen LogP contribution in [-0.4, -0.2) is 9.78 Å². The van der Waals surface area contributed by atoms with E-state index >= 15 is 0 Å². The first-order valence-corrected chi connectivity index (χ1v) is 6.55. The molecule has 0 radical (unpaired) electrons. The summed E-state index contributed by atoms with van der Waals surface area (Å²) in [5.41, 5.74) is 8.63. The molecule has 0 aliphatic carbocycles. The molecule has 0 unspecified atom stereocenters. The van der Waals surface area contributed by atoms with Crippen molar-refractivity contribution < 1.29 is 23.9 Å². The minimum absolute atomic E-state index is 0. The van der Waals surface area contributed by atoms with Gasteiger partial charge in [0.15, 0.2) is 0 Å². The van der Waals surface area contributed by atoms with Gasteiger partial charge in [-0.25, -0.2) is 4.39 Å². The van der Waals surface area contributed by atoms with Crippen molar-refractivity contribution in [1.29, 1.82) is 0 Å². The minimum atomic E-state index is -0.310. The number of hydrogen-bond acceptors (Lipinski definition) is 2. The van der Waals surface area contributed by atoms with Crippen molar-refractivity contribution in [2.24, 2.45) is 5.73 Å². The number of benzene rings is 2. The van der Waals surface area contributed by atoms with Gasteiger partial charge in [0, 0.05) is 37.7 Å². The standard InChI is InChI=1S/C16H14FN3O.Zn/c17-13-5-3-12(4-6-13)15-9-16(21)19-20(15)14-7-1-11(10-18)2-8-14;/h1-9H,10,18H2,(H,19,21);. The summed E-state index contributed by atoms with van der Waals surface area (Å²) < 4.78 is 14.7. The molecule has 22 heavy (non-hydrogen) atoms. The number of nitrogens with zero attached hydrogens (tertiary/aromatic N) is 1. The molecular weight excluding hydrogens is 335 g/mol. The van der Waals surface area contributed by atoms with E-state index in [-0.39, 0.29) is 30.9 Å². The van der Waals surface area contributed by atoms with Gasteiger partial charge < -0.3 is 5.73 Å². The summed E-state index contributed by atoms with van der Waals surface area (Å²) in [5.74, 6) is -0.310. The number of H-pyrrole nitrogens is 1. The van der Waals surface area contributed by atoms with Gasteiger partial charge in [0.25, 0.3) is 5.56 Å². The number of halogens is 1. The number of nitrogens with two attached hydrogens (primary N) is 1. The van der Waals surface area contributed by atoms with Gasteiger partial charge in [0.05, 0.1) is 11.4 Å². The second-order valence-corrected chi connectivity index (χ2v) is 4.72. The zero-order valence-electron chi connectivity index (χ0n) is 11.9. The molecule has 0 fully saturated rings. The van der Waals surface area contributed by atoms with E-state index in [1.54, 1.807) is 16.8 Å². The second-order valence-electron chi connectivity index (χ2n) is 4.72. The molecule has 3 N–H and O–H groups in total. The summed E-state index contributed by atoms with van der Waals surface area (Å²) >= 11 is 0. The molecule has 3 aromatic rings. The third kappa shape index (κ3) is 3.24. The fourth-order valence-corrected chi connectivity index (χ4v) is 2.21. The fraction of sp³-hybridized carbons (Fsp3) is 0.0625. The van der Waals surface area contributed by atoms with Crippen LogP contribution in [0.1, 0.15) is 5.56 Å². The Balaban J connectivity index is 0.00000176. The van der Waals surface area contributed by atoms with E-state index in [9.17, 15) is 9.18 Å². The summed E-state index contributed by atoms with van der Waals surface area (Å²) in [6, 6.07) is 15.1. The Kier molecular flexibility index (Phi) is 5.06. The van der Waals surface area contributed by atoms with Gasteiger partial charge in [-0.1, -0.05) is 12.1 Å². The van der Waals surface area contributed by atoms with Crippen LogP contribution >= 0.6 is 0 Å². The van der Waals surface area contributed by atoms with Gasteiger partial charge in [0.1, 0.15) is 5.82 Å². The summed E-state index contributed by atoms with van der Waals surface area (Å²) in [4.78, 5) is 11.7. The Hall–Kier alpha value is -2.04. The van der Waals surface area contributed by atoms with Crippen LogP contribution in [-0.2, 0) is 26.0 Å². The van der Waals surface area contributed by atoms with Crippen molar-refractivity contribution in [3.8, 4) is 16.9 Å². The van der Waals surface area contributed by atoms with E-state index in [0.29, 0.717) is 12.2 Å². The van der Waals surface area contributed by atoms with Crippen LogP contribution in [0.5, 0.6) is 0 Å². The largest absolute Gasteiger partial charge is 0.326 e. The van der Waals surface area contributed by atoms with Crippen LogP contribution in [0.3, 0.4) is 0 Å². The summed E-state index contributed by atoms with van der Waals surface area (Å²) in [7, 11) is 0. The molecule has 3 rings (SSSR count). The quantitative estimate of drug-likeness (QED) is 0.714. The monoisotopic (exact) mass is 347 g/mol. The molecule has 0 saturated heterocycles. The second kappa shape index (κ2) is 6.82. The predicted molar refractivity (Wildman–Crippen MR) is 79.7 cm³/mol. The number of aromatic amines is 1. The molecule has 108 valence electrons. The van der Waals surface area contributed by atoms with Crippen molar-refractivity contribution in [1.82, 2.24) is 9.78 Å². The average Bonchev–Trinajstić information content (AvgIpc) is 2.90. The van der Waals surface area contributed by atoms with Crippen molar-refractivity contribution in [3.63, 3.8) is 0 Å². The van der Waals surface area contributed by atoms with E-state index in [0.717, 1.165) is 16.8 Å². The Labute approximate surface area is 139 Å². The van der Waals surface area contributed by atoms with Crippen LogP contribution in [0.25, 0.3) is 16.9 Å². The maximum Gasteiger partial charge on any atom is 0.265 e. The Bertz CT molecular complexity index is 807. The van der Waals surface area contributed by atoms with Gasteiger partial charge in [-0.05, 0) is 42.0 Å². The van der Waals surface area contributed by atoms with Crippen molar-refractivity contribution >= 4 is 0 Å². The Morgan fingerprint density at radius 2 is 1.68 bits per heavy atom. The van der Waals surface area contributed by atoms with E-state index in [1.807, 2.05) is 24.3 Å². The van der Waals surface area contributed by atoms with E-state index in [2.05, 4.69) is 5.10 Å². The SMILES string of the molecule is NCc1ccc(-n2[nH]c(=O)cc2-c2ccc(F)cc2)cc1.[Zn]. The molecule has 1 heterocycles. The normalized spacial score (nSPS) is 10.3. The van der Waals surface area contributed by atoms with Crippen LogP contribution < -0.4 is 11.3 Å². The zero-order chi connectivity index (χ0) is 14.8. The summed E-state index contributed by atoms with van der Waals surface area (Å²) in [6.07, 6.45) is 0. The average molecular weight is 349 g/mol. The first kappa shape index (κ1) is 16.3. The number of aromatic nitrogens is 2. The predicted octanol–water partition coefficient (Wildman–Crippen LogP) is 2.43. The molecule has 0 saturated carbocycles. The molecule has 6 heteroatoms. The molecule has 0 spiro atoms. The van der Waals surface area contributed by atoms with Crippen molar-refractivity contribution in [2.75, 3.05) is 0 Å². The van der Waals surface area contributed by atoms with Crippen LogP contribution in [0.15, 0.2) is 59.4 Å². The number of nitrogens with one attached hydrogen (secondary N) is 1. The molecule has 0 aliphatic rings. The van der Waals surface area contributed by atoms with Gasteiger partial charge >= 0.3 is 0 Å². The molecule has 2 aromatic carbocycles. The smallest absolute Gasteiger partial charge is 0.265 e. The Morgan fingerprint density at radius 1 is 1.05 bits per heavy atom. The molecule has 4 nitrogen and oxygen atoms in total. The van der Waals surface area contributed by atoms with Gasteiger partial charge in [-0.3, -0.25) is 14.6 Å². The number of rotatable bonds is 3. The van der Waals surface area contributed by atoms with E-state index in [4.69, 9.17) is 5.73 Å². The van der Waals surface area contributed by atoms with Crippen LogP contribution in [0, 0.1) is 5.82 Å². The van der Waals surface area contributed by atoms with Crippen molar-refractivity contribution in [3.05, 3.63) is 76.3 Å². The maximum absolute atomic E-state index is 13.0. The molecule has 0 amide bonds. The minimum Gasteiger partial charge on any atom is -0.326 e. The molecule has 0 atom stereocenters. The third-order valence-corrected chi connectivity index (χ3v) is 3.30. The van der Waals surface area contributed by atoms with Gasteiger partial charge in [-0.15, -0.1) is 0 Å². The molecular formula is C16H14FN3OZn. The zero-order valence-corrected chi connectivity index (χ0v) is 14.9. The van der Waals surface area contributed by atoms with Crippen LogP contribution in [0.2, 0.25) is 0 Å². The topological polar surface area (TPSA) is 63.8 Å². The summed E-state index contributed by atoms with van der Waals surface area (Å²) in [5, 5.41) is 2.75. The van der Waals surface area contributed by atoms with Crippen molar-refractivity contribution in [2.45, 2.75) is 6.54 Å². The van der Waals surface area contributed by atoms with Gasteiger partial charge in [0.2, 0.25) is 0 Å². The van der Waals surface area contributed by atoms with Gasteiger partial charge in [-0.2, -0.15) is 0 Å². The van der Waals surface area contributed by atoms with Crippen LogP contribution in [0.4, 0.5) is 4.39 Å².